The number of hydrogen-bond donors (Lipinski definition) is 1. The van der Waals surface area contributed by atoms with Crippen LogP contribution in [0.1, 0.15) is 5.56 Å². The van der Waals surface area contributed by atoms with Gasteiger partial charge in [0.05, 0.1) is 25.8 Å². The first-order valence-corrected chi connectivity index (χ1v) is 9.41. The van der Waals surface area contributed by atoms with Crippen LogP contribution in [0, 0.1) is 0 Å². The number of aliphatic imine (C=N–C) groups is 1. The number of amidine groups is 1. The molecule has 4 rings (SSSR count). The molecule has 0 fully saturated rings. The van der Waals surface area contributed by atoms with Crippen molar-refractivity contribution in [2.75, 3.05) is 40.5 Å². The van der Waals surface area contributed by atoms with E-state index in [4.69, 9.17) is 14.2 Å². The van der Waals surface area contributed by atoms with Gasteiger partial charge in [-0.25, -0.2) is 0 Å². The van der Waals surface area contributed by atoms with E-state index >= 15 is 0 Å². The molecule has 6 heteroatoms. The molecule has 0 radical (unpaired) electrons. The Kier molecular flexibility index (Phi) is 6.96. The highest BCUT2D eigenvalue weighted by Crippen LogP contribution is 2.31. The molecule has 0 spiro atoms. The molecule has 1 N–H and O–H groups in total. The molecule has 1 heterocycles. The second-order valence-electron chi connectivity index (χ2n) is 6.64. The van der Waals surface area contributed by atoms with Crippen molar-refractivity contribution in [1.82, 2.24) is 5.32 Å². The van der Waals surface area contributed by atoms with Crippen LogP contribution in [-0.2, 0) is 4.74 Å². The molecule has 0 saturated carbocycles. The van der Waals surface area contributed by atoms with Gasteiger partial charge in [0.1, 0.15) is 23.9 Å². The monoisotopic (exact) mass is 412 g/mol. The van der Waals surface area contributed by atoms with Crippen LogP contribution < -0.4 is 14.8 Å². The molecule has 1 aliphatic heterocycles. The van der Waals surface area contributed by atoms with Crippen molar-refractivity contribution in [1.29, 1.82) is 0 Å². The van der Waals surface area contributed by atoms with Gasteiger partial charge in [-0.2, -0.15) is 0 Å². The molecular weight excluding hydrogens is 388 g/mol. The summed E-state index contributed by atoms with van der Waals surface area (Å²) in [5.41, 5.74) is 3.26. The second kappa shape index (κ2) is 9.63. The van der Waals surface area contributed by atoms with Gasteiger partial charge in [-0.05, 0) is 52.2 Å². The average molecular weight is 413 g/mol. The standard InChI is InChI=1S/C23H24N2O3.ClH/c1-26-10-11-28-22-15-18-7-6-17(16-4-3-5-20(13-16)27-2)12-19(18)14-21(22)23-24-8-9-25-23;/h3-7,12-15H,8-11H2,1-2H3,(H,24,25);1H. The summed E-state index contributed by atoms with van der Waals surface area (Å²) in [6.45, 7) is 2.69. The first-order chi connectivity index (χ1) is 13.8. The number of halogens is 1. The number of ether oxygens (including phenoxy) is 3. The van der Waals surface area contributed by atoms with Gasteiger partial charge in [0.15, 0.2) is 0 Å². The molecule has 3 aromatic carbocycles. The van der Waals surface area contributed by atoms with E-state index in [2.05, 4.69) is 46.7 Å². The summed E-state index contributed by atoms with van der Waals surface area (Å²) in [6, 6.07) is 18.8. The van der Waals surface area contributed by atoms with Crippen LogP contribution in [0.2, 0.25) is 0 Å². The summed E-state index contributed by atoms with van der Waals surface area (Å²) in [5, 5.41) is 5.62. The van der Waals surface area contributed by atoms with Gasteiger partial charge in [-0.3, -0.25) is 4.99 Å². The van der Waals surface area contributed by atoms with Crippen molar-refractivity contribution in [2.24, 2.45) is 4.99 Å². The van der Waals surface area contributed by atoms with Gasteiger partial charge in [-0.15, -0.1) is 12.4 Å². The third-order valence-corrected chi connectivity index (χ3v) is 4.82. The predicted octanol–water partition coefficient (Wildman–Crippen LogP) is 4.31. The third-order valence-electron chi connectivity index (χ3n) is 4.82. The van der Waals surface area contributed by atoms with E-state index in [1.54, 1.807) is 14.2 Å². The minimum atomic E-state index is 0. The Bertz CT molecular complexity index is 1020. The molecular formula is C23H25ClN2O3. The molecule has 0 aromatic heterocycles. The van der Waals surface area contributed by atoms with Crippen molar-refractivity contribution in [3.8, 4) is 22.6 Å². The maximum absolute atomic E-state index is 5.98. The molecule has 0 bridgehead atoms. The first-order valence-electron chi connectivity index (χ1n) is 9.41. The van der Waals surface area contributed by atoms with Crippen molar-refractivity contribution >= 4 is 29.0 Å². The zero-order chi connectivity index (χ0) is 19.3. The van der Waals surface area contributed by atoms with Crippen LogP contribution >= 0.6 is 12.4 Å². The van der Waals surface area contributed by atoms with Gasteiger partial charge in [0, 0.05) is 13.7 Å². The van der Waals surface area contributed by atoms with Crippen LogP contribution in [-0.4, -0.2) is 46.4 Å². The number of fused-ring (bicyclic) bond motifs is 1. The van der Waals surface area contributed by atoms with Crippen LogP contribution in [0.15, 0.2) is 59.6 Å². The number of benzene rings is 3. The van der Waals surface area contributed by atoms with E-state index in [0.717, 1.165) is 57.9 Å². The van der Waals surface area contributed by atoms with Gasteiger partial charge < -0.3 is 19.5 Å². The molecule has 0 saturated heterocycles. The molecule has 3 aromatic rings. The number of methoxy groups -OCH3 is 2. The van der Waals surface area contributed by atoms with Crippen LogP contribution in [0.3, 0.4) is 0 Å². The fraction of sp³-hybridized carbons (Fsp3) is 0.261. The quantitative estimate of drug-likeness (QED) is 0.587. The summed E-state index contributed by atoms with van der Waals surface area (Å²) >= 11 is 0. The van der Waals surface area contributed by atoms with E-state index < -0.39 is 0 Å². The van der Waals surface area contributed by atoms with Crippen LogP contribution in [0.5, 0.6) is 11.5 Å². The number of nitrogens with one attached hydrogen (secondary N) is 1. The summed E-state index contributed by atoms with van der Waals surface area (Å²) in [4.78, 5) is 4.58. The van der Waals surface area contributed by atoms with Crippen LogP contribution in [0.4, 0.5) is 0 Å². The predicted molar refractivity (Wildman–Crippen MR) is 120 cm³/mol. The molecule has 29 heavy (non-hydrogen) atoms. The first kappa shape index (κ1) is 21.0. The molecule has 0 aliphatic carbocycles. The zero-order valence-corrected chi connectivity index (χ0v) is 17.4. The Morgan fingerprint density at radius 1 is 0.931 bits per heavy atom. The largest absolute Gasteiger partial charge is 0.497 e. The highest BCUT2D eigenvalue weighted by Gasteiger charge is 2.15. The summed E-state index contributed by atoms with van der Waals surface area (Å²) in [7, 11) is 3.36. The zero-order valence-electron chi connectivity index (χ0n) is 16.6. The SMILES string of the molecule is COCCOc1cc2ccc(-c3cccc(OC)c3)cc2cc1C1=NCCN1.Cl. The van der Waals surface area contributed by atoms with Crippen molar-refractivity contribution < 1.29 is 14.2 Å². The lowest BCUT2D eigenvalue weighted by Gasteiger charge is -2.14. The Morgan fingerprint density at radius 3 is 2.55 bits per heavy atom. The molecule has 0 amide bonds. The maximum atomic E-state index is 5.98. The number of rotatable bonds is 7. The Morgan fingerprint density at radius 2 is 1.79 bits per heavy atom. The number of hydrogen-bond acceptors (Lipinski definition) is 5. The van der Waals surface area contributed by atoms with Crippen molar-refractivity contribution in [2.45, 2.75) is 0 Å². The van der Waals surface area contributed by atoms with E-state index in [1.807, 2.05) is 18.2 Å². The lowest BCUT2D eigenvalue weighted by atomic mass is 9.99. The minimum absolute atomic E-state index is 0. The molecule has 0 atom stereocenters. The normalized spacial score (nSPS) is 12.8. The van der Waals surface area contributed by atoms with Gasteiger partial charge in [0.2, 0.25) is 0 Å². The smallest absolute Gasteiger partial charge is 0.132 e. The maximum Gasteiger partial charge on any atom is 0.132 e. The Labute approximate surface area is 177 Å². The summed E-state index contributed by atoms with van der Waals surface area (Å²) in [5.74, 6) is 2.57. The average Bonchev–Trinajstić information content (AvgIpc) is 3.28. The lowest BCUT2D eigenvalue weighted by Crippen LogP contribution is -2.20. The highest BCUT2D eigenvalue weighted by atomic mass is 35.5. The molecule has 5 nitrogen and oxygen atoms in total. The fourth-order valence-electron chi connectivity index (χ4n) is 3.38. The molecule has 152 valence electrons. The highest BCUT2D eigenvalue weighted by molar-refractivity contribution is 6.06. The molecule has 1 aliphatic rings. The van der Waals surface area contributed by atoms with Gasteiger partial charge in [0.25, 0.3) is 0 Å². The van der Waals surface area contributed by atoms with Crippen molar-refractivity contribution in [3.63, 3.8) is 0 Å². The van der Waals surface area contributed by atoms with Crippen molar-refractivity contribution in [3.05, 3.63) is 60.2 Å². The lowest BCUT2D eigenvalue weighted by molar-refractivity contribution is 0.146. The second-order valence-corrected chi connectivity index (χ2v) is 6.64. The fourth-order valence-corrected chi connectivity index (χ4v) is 3.38. The Balaban J connectivity index is 0.00000240. The minimum Gasteiger partial charge on any atom is -0.497 e. The summed E-state index contributed by atoms with van der Waals surface area (Å²) in [6.07, 6.45) is 0. The van der Waals surface area contributed by atoms with E-state index in [0.29, 0.717) is 13.2 Å². The van der Waals surface area contributed by atoms with Gasteiger partial charge in [-0.1, -0.05) is 24.3 Å². The van der Waals surface area contributed by atoms with Gasteiger partial charge >= 0.3 is 0 Å². The number of nitrogens with zero attached hydrogens (tertiary/aromatic N) is 1. The van der Waals surface area contributed by atoms with E-state index in [-0.39, 0.29) is 12.4 Å². The third kappa shape index (κ3) is 4.63. The van der Waals surface area contributed by atoms with E-state index in [9.17, 15) is 0 Å². The topological polar surface area (TPSA) is 52.1 Å². The Hall–Kier alpha value is -2.76. The van der Waals surface area contributed by atoms with Crippen LogP contribution in [0.25, 0.3) is 21.9 Å². The molecule has 0 unspecified atom stereocenters. The van der Waals surface area contributed by atoms with E-state index in [1.165, 1.54) is 0 Å². The summed E-state index contributed by atoms with van der Waals surface area (Å²) < 4.78 is 16.5.